The van der Waals surface area contributed by atoms with Crippen LogP contribution in [-0.2, 0) is 11.9 Å². The molecule has 5 heteroatoms. The van der Waals surface area contributed by atoms with Gasteiger partial charge in [-0.15, -0.1) is 0 Å². The van der Waals surface area contributed by atoms with E-state index >= 15 is 0 Å². The highest BCUT2D eigenvalue weighted by molar-refractivity contribution is 9.08. The second-order valence-electron chi connectivity index (χ2n) is 3.85. The summed E-state index contributed by atoms with van der Waals surface area (Å²) in [5.41, 5.74) is 1.87. The van der Waals surface area contributed by atoms with Crippen LogP contribution in [0.4, 0.5) is 0 Å². The molecule has 1 heterocycles. The Hall–Kier alpha value is -1.26. The molecule has 100 valence electrons. The summed E-state index contributed by atoms with van der Waals surface area (Å²) in [6.45, 7) is 0.352. The van der Waals surface area contributed by atoms with Crippen molar-refractivity contribution >= 4 is 27.5 Å². The van der Waals surface area contributed by atoms with E-state index in [1.807, 2.05) is 30.3 Å². The molecule has 2 aromatic rings. The summed E-state index contributed by atoms with van der Waals surface area (Å²) in [4.78, 5) is 4.20. The first-order chi connectivity index (χ1) is 9.24. The van der Waals surface area contributed by atoms with Crippen molar-refractivity contribution in [2.75, 3.05) is 7.11 Å². The average molecular weight is 343 g/mol. The average Bonchev–Trinajstić information content (AvgIpc) is 2.46. The van der Waals surface area contributed by atoms with E-state index in [1.54, 1.807) is 13.3 Å². The first-order valence-electron chi connectivity index (χ1n) is 5.69. The Bertz CT molecular complexity index is 549. The quantitative estimate of drug-likeness (QED) is 0.763. The molecule has 0 bridgehead atoms. The minimum Gasteiger partial charge on any atom is -0.493 e. The van der Waals surface area contributed by atoms with Crippen LogP contribution in [0, 0.1) is 0 Å². The summed E-state index contributed by atoms with van der Waals surface area (Å²) in [5, 5.41) is 1.24. The molecule has 0 fully saturated rings. The normalized spacial score (nSPS) is 10.3. The lowest BCUT2D eigenvalue weighted by Gasteiger charge is -2.13. The van der Waals surface area contributed by atoms with Gasteiger partial charge in [-0.05, 0) is 29.8 Å². The van der Waals surface area contributed by atoms with Crippen molar-refractivity contribution in [1.82, 2.24) is 4.98 Å². The number of aromatic nitrogens is 1. The Balaban J connectivity index is 2.20. The standard InChI is InChI=1S/C14H13BrClNO2/c1-18-13-7-10(8-15)6-12(16)14(13)19-9-11-4-2-3-5-17-11/h2-7H,8-9H2,1H3. The van der Waals surface area contributed by atoms with E-state index in [9.17, 15) is 0 Å². The summed E-state index contributed by atoms with van der Waals surface area (Å²) in [6, 6.07) is 9.43. The second-order valence-corrected chi connectivity index (χ2v) is 4.82. The Morgan fingerprint density at radius 2 is 2.16 bits per heavy atom. The molecular formula is C14H13BrClNO2. The molecule has 0 aliphatic carbocycles. The van der Waals surface area contributed by atoms with Gasteiger partial charge in [-0.1, -0.05) is 33.6 Å². The van der Waals surface area contributed by atoms with E-state index in [-0.39, 0.29) is 0 Å². The molecule has 3 nitrogen and oxygen atoms in total. The summed E-state index contributed by atoms with van der Waals surface area (Å²) in [7, 11) is 1.59. The summed E-state index contributed by atoms with van der Waals surface area (Å²) < 4.78 is 11.0. The van der Waals surface area contributed by atoms with Gasteiger partial charge in [0.1, 0.15) is 6.61 Å². The second kappa shape index (κ2) is 6.78. The highest BCUT2D eigenvalue weighted by Crippen LogP contribution is 2.37. The summed E-state index contributed by atoms with van der Waals surface area (Å²) in [5.74, 6) is 1.16. The Morgan fingerprint density at radius 1 is 1.32 bits per heavy atom. The summed E-state index contributed by atoms with van der Waals surface area (Å²) in [6.07, 6.45) is 1.73. The largest absolute Gasteiger partial charge is 0.493 e. The van der Waals surface area contributed by atoms with Gasteiger partial charge >= 0.3 is 0 Å². The molecule has 0 radical (unpaired) electrons. The highest BCUT2D eigenvalue weighted by Gasteiger charge is 2.12. The van der Waals surface area contributed by atoms with E-state index in [1.165, 1.54) is 0 Å². The van der Waals surface area contributed by atoms with E-state index < -0.39 is 0 Å². The molecular weight excluding hydrogens is 330 g/mol. The number of benzene rings is 1. The van der Waals surface area contributed by atoms with Crippen molar-refractivity contribution in [1.29, 1.82) is 0 Å². The number of hydrogen-bond donors (Lipinski definition) is 0. The van der Waals surface area contributed by atoms with Gasteiger partial charge in [0.15, 0.2) is 11.5 Å². The lowest BCUT2D eigenvalue weighted by molar-refractivity contribution is 0.281. The van der Waals surface area contributed by atoms with Gasteiger partial charge in [-0.2, -0.15) is 0 Å². The van der Waals surface area contributed by atoms with E-state index in [4.69, 9.17) is 21.1 Å². The van der Waals surface area contributed by atoms with Crippen LogP contribution in [0.15, 0.2) is 36.5 Å². The van der Waals surface area contributed by atoms with Crippen LogP contribution in [0.5, 0.6) is 11.5 Å². The third-order valence-electron chi connectivity index (χ3n) is 2.53. The molecule has 19 heavy (non-hydrogen) atoms. The minimum atomic E-state index is 0.352. The fraction of sp³-hybridized carbons (Fsp3) is 0.214. The van der Waals surface area contributed by atoms with Crippen LogP contribution in [0.1, 0.15) is 11.3 Å². The number of nitrogens with zero attached hydrogens (tertiary/aromatic N) is 1. The SMILES string of the molecule is COc1cc(CBr)cc(Cl)c1OCc1ccccn1. The van der Waals surface area contributed by atoms with Gasteiger partial charge in [0.25, 0.3) is 0 Å². The molecule has 0 aliphatic rings. The van der Waals surface area contributed by atoms with E-state index in [2.05, 4.69) is 20.9 Å². The fourth-order valence-electron chi connectivity index (χ4n) is 1.62. The summed E-state index contributed by atoms with van der Waals surface area (Å²) >= 11 is 9.60. The van der Waals surface area contributed by atoms with Crippen LogP contribution >= 0.6 is 27.5 Å². The van der Waals surface area contributed by atoms with Crippen molar-refractivity contribution in [2.24, 2.45) is 0 Å². The number of alkyl halides is 1. The third kappa shape index (κ3) is 3.61. The van der Waals surface area contributed by atoms with Gasteiger partial charge in [0.05, 0.1) is 17.8 Å². The van der Waals surface area contributed by atoms with E-state index in [0.29, 0.717) is 28.5 Å². The maximum atomic E-state index is 6.21. The van der Waals surface area contributed by atoms with Gasteiger partial charge in [0, 0.05) is 11.5 Å². The lowest BCUT2D eigenvalue weighted by Crippen LogP contribution is -2.00. The minimum absolute atomic E-state index is 0.352. The molecule has 0 N–H and O–H groups in total. The molecule has 0 saturated carbocycles. The molecule has 1 aromatic carbocycles. The maximum absolute atomic E-state index is 6.21. The van der Waals surface area contributed by atoms with Gasteiger partial charge < -0.3 is 9.47 Å². The fourth-order valence-corrected chi connectivity index (χ4v) is 2.23. The Labute approximate surface area is 125 Å². The maximum Gasteiger partial charge on any atom is 0.180 e. The van der Waals surface area contributed by atoms with Crippen LogP contribution < -0.4 is 9.47 Å². The molecule has 2 rings (SSSR count). The zero-order valence-electron chi connectivity index (χ0n) is 10.4. The van der Waals surface area contributed by atoms with Gasteiger partial charge in [-0.3, -0.25) is 4.98 Å². The molecule has 0 amide bonds. The van der Waals surface area contributed by atoms with Crippen molar-refractivity contribution in [3.05, 3.63) is 52.8 Å². The van der Waals surface area contributed by atoms with Crippen molar-refractivity contribution in [3.63, 3.8) is 0 Å². The lowest BCUT2D eigenvalue weighted by atomic mass is 10.2. The smallest absolute Gasteiger partial charge is 0.180 e. The molecule has 0 spiro atoms. The van der Waals surface area contributed by atoms with Crippen LogP contribution in [0.2, 0.25) is 5.02 Å². The van der Waals surface area contributed by atoms with E-state index in [0.717, 1.165) is 11.3 Å². The Morgan fingerprint density at radius 3 is 2.79 bits per heavy atom. The predicted octanol–water partition coefficient (Wildman–Crippen LogP) is 4.22. The number of pyridine rings is 1. The molecule has 0 atom stereocenters. The Kier molecular flexibility index (Phi) is 5.05. The van der Waals surface area contributed by atoms with Crippen molar-refractivity contribution in [3.8, 4) is 11.5 Å². The molecule has 0 aliphatic heterocycles. The predicted molar refractivity (Wildman–Crippen MR) is 79.2 cm³/mol. The zero-order valence-corrected chi connectivity index (χ0v) is 12.7. The zero-order chi connectivity index (χ0) is 13.7. The first-order valence-corrected chi connectivity index (χ1v) is 7.19. The van der Waals surface area contributed by atoms with Gasteiger partial charge in [-0.25, -0.2) is 0 Å². The first kappa shape index (κ1) is 14.2. The van der Waals surface area contributed by atoms with Gasteiger partial charge in [0.2, 0.25) is 0 Å². The highest BCUT2D eigenvalue weighted by atomic mass is 79.9. The number of ether oxygens (including phenoxy) is 2. The number of rotatable bonds is 5. The van der Waals surface area contributed by atoms with Crippen molar-refractivity contribution < 1.29 is 9.47 Å². The molecule has 0 saturated heterocycles. The topological polar surface area (TPSA) is 31.4 Å². The third-order valence-corrected chi connectivity index (χ3v) is 3.46. The number of halogens is 2. The molecule has 0 unspecified atom stereocenters. The van der Waals surface area contributed by atoms with Crippen LogP contribution in [-0.4, -0.2) is 12.1 Å². The van der Waals surface area contributed by atoms with Crippen LogP contribution in [0.25, 0.3) is 0 Å². The monoisotopic (exact) mass is 341 g/mol. The molecule has 1 aromatic heterocycles. The van der Waals surface area contributed by atoms with Crippen molar-refractivity contribution in [2.45, 2.75) is 11.9 Å². The number of methoxy groups -OCH3 is 1. The van der Waals surface area contributed by atoms with Crippen LogP contribution in [0.3, 0.4) is 0 Å². The number of hydrogen-bond acceptors (Lipinski definition) is 3.